The summed E-state index contributed by atoms with van der Waals surface area (Å²) < 4.78 is 14.6. The van der Waals surface area contributed by atoms with Crippen LogP contribution >= 0.6 is 0 Å². The van der Waals surface area contributed by atoms with Crippen molar-refractivity contribution in [1.29, 1.82) is 0 Å². The zero-order valence-corrected chi connectivity index (χ0v) is 13.6. The minimum Gasteiger partial charge on any atom is -0.494 e. The second kappa shape index (κ2) is 8.67. The van der Waals surface area contributed by atoms with Gasteiger partial charge in [-0.25, -0.2) is 9.69 Å². The number of imide groups is 1. The molecule has 9 nitrogen and oxygen atoms in total. The summed E-state index contributed by atoms with van der Waals surface area (Å²) >= 11 is 0. The molecule has 1 heterocycles. The molecular weight excluding hydrogens is 332 g/mol. The second-order valence-electron chi connectivity index (χ2n) is 4.96. The average Bonchev–Trinajstić information content (AvgIpc) is 3.04. The maximum atomic E-state index is 11.9. The van der Waals surface area contributed by atoms with Crippen LogP contribution in [0.2, 0.25) is 0 Å². The number of cyclic esters (lactones) is 1. The van der Waals surface area contributed by atoms with Crippen LogP contribution in [0.5, 0.6) is 5.75 Å². The first-order valence-electron chi connectivity index (χ1n) is 7.65. The molecule has 9 heteroatoms. The van der Waals surface area contributed by atoms with Crippen LogP contribution in [0, 0.1) is 0 Å². The number of hydrogen-bond acceptors (Lipinski definition) is 7. The van der Waals surface area contributed by atoms with Crippen LogP contribution in [-0.4, -0.2) is 61.7 Å². The van der Waals surface area contributed by atoms with Gasteiger partial charge in [0.2, 0.25) is 0 Å². The predicted octanol–water partition coefficient (Wildman–Crippen LogP) is 0.337. The molecule has 0 radical (unpaired) electrons. The summed E-state index contributed by atoms with van der Waals surface area (Å²) in [5.74, 6) is -1.29. The first-order valence-corrected chi connectivity index (χ1v) is 7.65. The number of nitrogens with zero attached hydrogens (tertiary/aromatic N) is 1. The Bertz CT molecular complexity index is 657. The first kappa shape index (κ1) is 18.2. The topological polar surface area (TPSA) is 111 Å². The van der Waals surface area contributed by atoms with Gasteiger partial charge in [0, 0.05) is 5.56 Å². The molecule has 2 rings (SSSR count). The normalized spacial score (nSPS) is 13.2. The maximum absolute atomic E-state index is 11.9. The van der Waals surface area contributed by atoms with Crippen molar-refractivity contribution >= 4 is 23.9 Å². The lowest BCUT2D eigenvalue weighted by Crippen LogP contribution is -2.37. The molecule has 1 fully saturated rings. The van der Waals surface area contributed by atoms with Crippen molar-refractivity contribution in [3.63, 3.8) is 0 Å². The number of hydrogen-bond donors (Lipinski definition) is 1. The fraction of sp³-hybridized carbons (Fsp3) is 0.375. The number of rotatable bonds is 7. The van der Waals surface area contributed by atoms with Crippen LogP contribution in [-0.2, 0) is 19.1 Å². The molecular formula is C16H18N2O7. The van der Waals surface area contributed by atoms with Crippen molar-refractivity contribution < 1.29 is 33.4 Å². The molecule has 1 N–H and O–H groups in total. The first-order chi connectivity index (χ1) is 12.0. The van der Waals surface area contributed by atoms with Crippen LogP contribution in [0.15, 0.2) is 24.3 Å². The molecule has 134 valence electrons. The third kappa shape index (κ3) is 5.20. The van der Waals surface area contributed by atoms with E-state index < -0.39 is 37.0 Å². The molecule has 1 aromatic rings. The number of esters is 1. The molecule has 0 unspecified atom stereocenters. The Labute approximate surface area is 143 Å². The van der Waals surface area contributed by atoms with Crippen molar-refractivity contribution in [2.75, 3.05) is 32.9 Å². The van der Waals surface area contributed by atoms with Crippen molar-refractivity contribution in [1.82, 2.24) is 10.2 Å². The van der Waals surface area contributed by atoms with Gasteiger partial charge in [-0.05, 0) is 31.2 Å². The third-order valence-corrected chi connectivity index (χ3v) is 3.24. The number of ether oxygens (including phenoxy) is 3. The van der Waals surface area contributed by atoms with Crippen LogP contribution in [0.1, 0.15) is 17.3 Å². The third-order valence-electron chi connectivity index (χ3n) is 3.24. The van der Waals surface area contributed by atoms with E-state index in [2.05, 4.69) is 10.1 Å². The average molecular weight is 350 g/mol. The predicted molar refractivity (Wildman–Crippen MR) is 84.0 cm³/mol. The van der Waals surface area contributed by atoms with Gasteiger partial charge in [0.05, 0.1) is 13.2 Å². The van der Waals surface area contributed by atoms with E-state index in [1.54, 1.807) is 24.3 Å². The molecule has 0 spiro atoms. The molecule has 0 aliphatic carbocycles. The van der Waals surface area contributed by atoms with Crippen LogP contribution < -0.4 is 10.1 Å². The van der Waals surface area contributed by atoms with E-state index in [1.807, 2.05) is 6.92 Å². The fourth-order valence-corrected chi connectivity index (χ4v) is 2.01. The Kier molecular flexibility index (Phi) is 6.33. The minimum absolute atomic E-state index is 0.122. The lowest BCUT2D eigenvalue weighted by Gasteiger charge is -2.11. The van der Waals surface area contributed by atoms with E-state index >= 15 is 0 Å². The van der Waals surface area contributed by atoms with Crippen LogP contribution in [0.25, 0.3) is 0 Å². The summed E-state index contributed by atoms with van der Waals surface area (Å²) in [5.41, 5.74) is 0.354. The summed E-state index contributed by atoms with van der Waals surface area (Å²) in [6, 6.07) is 6.41. The summed E-state index contributed by atoms with van der Waals surface area (Å²) in [5, 5.41) is 2.38. The number of benzene rings is 1. The van der Waals surface area contributed by atoms with E-state index in [0.29, 0.717) is 17.9 Å². The second-order valence-corrected chi connectivity index (χ2v) is 4.96. The summed E-state index contributed by atoms with van der Waals surface area (Å²) in [4.78, 5) is 47.2. The maximum Gasteiger partial charge on any atom is 0.416 e. The van der Waals surface area contributed by atoms with Gasteiger partial charge >= 0.3 is 12.1 Å². The number of amides is 3. The molecule has 25 heavy (non-hydrogen) atoms. The van der Waals surface area contributed by atoms with Gasteiger partial charge in [-0.2, -0.15) is 0 Å². The summed E-state index contributed by atoms with van der Waals surface area (Å²) in [6.45, 7) is 1.63. The Morgan fingerprint density at radius 1 is 1.24 bits per heavy atom. The molecule has 1 aliphatic heterocycles. The van der Waals surface area contributed by atoms with Gasteiger partial charge in [-0.3, -0.25) is 14.4 Å². The Morgan fingerprint density at radius 2 is 1.96 bits per heavy atom. The standard InChI is InChI=1S/C16H18N2O7/c1-2-23-12-5-3-11(4-6-12)15(21)17-9-14(20)25-10-13(19)18-7-8-24-16(18)22/h3-6H,2,7-10H2,1H3,(H,17,21). The Balaban J connectivity index is 1.72. The zero-order chi connectivity index (χ0) is 18.2. The highest BCUT2D eigenvalue weighted by molar-refractivity contribution is 5.97. The number of carbonyl (C=O) groups is 4. The molecule has 0 aromatic heterocycles. The van der Waals surface area contributed by atoms with Gasteiger partial charge in [0.15, 0.2) is 6.61 Å². The Morgan fingerprint density at radius 3 is 2.56 bits per heavy atom. The highest BCUT2D eigenvalue weighted by Gasteiger charge is 2.28. The molecule has 1 aliphatic rings. The van der Waals surface area contributed by atoms with Crippen molar-refractivity contribution in [3.8, 4) is 5.75 Å². The highest BCUT2D eigenvalue weighted by Crippen LogP contribution is 2.11. The fourth-order valence-electron chi connectivity index (χ4n) is 2.01. The zero-order valence-electron chi connectivity index (χ0n) is 13.6. The van der Waals surface area contributed by atoms with Gasteiger partial charge < -0.3 is 19.5 Å². The quantitative estimate of drug-likeness (QED) is 0.706. The lowest BCUT2D eigenvalue weighted by atomic mass is 10.2. The Hall–Kier alpha value is -3.10. The van der Waals surface area contributed by atoms with Gasteiger partial charge in [0.25, 0.3) is 11.8 Å². The van der Waals surface area contributed by atoms with Crippen LogP contribution in [0.3, 0.4) is 0 Å². The minimum atomic E-state index is -0.791. The monoisotopic (exact) mass is 350 g/mol. The number of carbonyl (C=O) groups excluding carboxylic acids is 4. The van der Waals surface area contributed by atoms with Crippen molar-refractivity contribution in [2.45, 2.75) is 6.92 Å². The van der Waals surface area contributed by atoms with E-state index in [4.69, 9.17) is 9.47 Å². The molecule has 0 saturated carbocycles. The molecule has 1 aromatic carbocycles. The van der Waals surface area contributed by atoms with Gasteiger partial charge in [-0.15, -0.1) is 0 Å². The molecule has 0 bridgehead atoms. The molecule has 3 amide bonds. The smallest absolute Gasteiger partial charge is 0.416 e. The lowest BCUT2D eigenvalue weighted by molar-refractivity contribution is -0.149. The highest BCUT2D eigenvalue weighted by atomic mass is 16.6. The van der Waals surface area contributed by atoms with E-state index in [1.165, 1.54) is 0 Å². The van der Waals surface area contributed by atoms with E-state index in [9.17, 15) is 19.2 Å². The molecule has 1 saturated heterocycles. The van der Waals surface area contributed by atoms with Crippen LogP contribution in [0.4, 0.5) is 4.79 Å². The van der Waals surface area contributed by atoms with Crippen molar-refractivity contribution in [3.05, 3.63) is 29.8 Å². The van der Waals surface area contributed by atoms with E-state index in [0.717, 1.165) is 4.90 Å². The van der Waals surface area contributed by atoms with Gasteiger partial charge in [-0.1, -0.05) is 0 Å². The summed E-state index contributed by atoms with van der Waals surface area (Å²) in [7, 11) is 0. The number of nitrogens with one attached hydrogen (secondary N) is 1. The van der Waals surface area contributed by atoms with Gasteiger partial charge in [0.1, 0.15) is 18.9 Å². The largest absolute Gasteiger partial charge is 0.494 e. The molecule has 0 atom stereocenters. The van der Waals surface area contributed by atoms with E-state index in [-0.39, 0.29) is 13.2 Å². The SMILES string of the molecule is CCOc1ccc(C(=O)NCC(=O)OCC(=O)N2CCOC2=O)cc1. The summed E-state index contributed by atoms with van der Waals surface area (Å²) in [6.07, 6.45) is -0.759. The van der Waals surface area contributed by atoms with Crippen molar-refractivity contribution in [2.24, 2.45) is 0 Å².